The summed E-state index contributed by atoms with van der Waals surface area (Å²) < 4.78 is 5.71. The minimum absolute atomic E-state index is 0.00931. The summed E-state index contributed by atoms with van der Waals surface area (Å²) in [6.07, 6.45) is 11.5. The van der Waals surface area contributed by atoms with Crippen LogP contribution in [-0.4, -0.2) is 78.2 Å². The molecule has 1 amide bonds. The van der Waals surface area contributed by atoms with Crippen LogP contribution < -0.4 is 0 Å². The van der Waals surface area contributed by atoms with Gasteiger partial charge < -0.3 is 24.6 Å². The predicted molar refractivity (Wildman–Crippen MR) is 141 cm³/mol. The van der Waals surface area contributed by atoms with Crippen LogP contribution >= 0.6 is 0 Å². The number of rotatable bonds is 8. The molecule has 184 valence electrons. The molecular formula is C28H34N4O3. The van der Waals surface area contributed by atoms with Crippen molar-refractivity contribution in [1.82, 2.24) is 19.8 Å². The molecule has 1 aromatic carbocycles. The van der Waals surface area contributed by atoms with Gasteiger partial charge in [0.15, 0.2) is 0 Å². The van der Waals surface area contributed by atoms with Crippen LogP contribution in [-0.2, 0) is 11.2 Å². The molecule has 0 spiro atoms. The zero-order valence-corrected chi connectivity index (χ0v) is 21.1. The molecule has 3 aromatic rings. The molecule has 35 heavy (non-hydrogen) atoms. The third-order valence-corrected chi connectivity index (χ3v) is 6.60. The average molecular weight is 475 g/mol. The molecule has 2 aromatic heterocycles. The third kappa shape index (κ3) is 5.01. The largest absolute Gasteiger partial charge is 0.507 e. The van der Waals surface area contributed by atoms with E-state index >= 15 is 0 Å². The molecule has 1 atom stereocenters. The van der Waals surface area contributed by atoms with Crippen LogP contribution in [0.3, 0.4) is 0 Å². The van der Waals surface area contributed by atoms with Gasteiger partial charge in [-0.3, -0.25) is 4.79 Å². The van der Waals surface area contributed by atoms with Crippen molar-refractivity contribution in [1.29, 1.82) is 0 Å². The number of aromatic amines is 1. The molecule has 1 aliphatic rings. The van der Waals surface area contributed by atoms with Gasteiger partial charge in [0.2, 0.25) is 0 Å². The van der Waals surface area contributed by atoms with Gasteiger partial charge in [-0.05, 0) is 61.8 Å². The second-order valence-corrected chi connectivity index (χ2v) is 9.25. The molecule has 1 unspecified atom stereocenters. The number of hydrogen-bond donors (Lipinski definition) is 2. The Balaban J connectivity index is 1.77. The van der Waals surface area contributed by atoms with E-state index in [-0.39, 0.29) is 17.8 Å². The number of H-pyrrole nitrogens is 1. The molecule has 0 bridgehead atoms. The molecule has 2 heterocycles. The van der Waals surface area contributed by atoms with Crippen LogP contribution in [0.25, 0.3) is 27.7 Å². The van der Waals surface area contributed by atoms with Crippen LogP contribution in [0, 0.1) is 0 Å². The van der Waals surface area contributed by atoms with Crippen molar-refractivity contribution in [3.05, 3.63) is 65.5 Å². The number of aromatic nitrogens is 2. The Morgan fingerprint density at radius 3 is 2.71 bits per heavy atom. The lowest BCUT2D eigenvalue weighted by Gasteiger charge is -2.21. The standard InChI is InChI=1S/C28H34N4O3/c1-6-18-13-19(14-23(26(18)33)28(34)32(4)12-11-31(2)3)20-15-22-24(17-30-27(22)29-16-20)21-9-7-8-10-25(21)35-5/h7-9,13-17,25,33H,6,10-12H2,1-5H3,(H,29,30). The van der Waals surface area contributed by atoms with Crippen LogP contribution in [0.15, 0.2) is 48.8 Å². The van der Waals surface area contributed by atoms with Gasteiger partial charge in [-0.25, -0.2) is 4.98 Å². The van der Waals surface area contributed by atoms with Gasteiger partial charge in [0.05, 0.1) is 11.7 Å². The number of hydrogen-bond acceptors (Lipinski definition) is 5. The van der Waals surface area contributed by atoms with Gasteiger partial charge in [-0.2, -0.15) is 0 Å². The average Bonchev–Trinajstić information content (AvgIpc) is 3.30. The van der Waals surface area contributed by atoms with E-state index in [0.717, 1.165) is 51.8 Å². The Morgan fingerprint density at radius 1 is 1.20 bits per heavy atom. The highest BCUT2D eigenvalue weighted by Gasteiger charge is 2.22. The SMILES string of the molecule is CCc1cc(-c2cnc3[nH]cc(C4=CC=CCC4OC)c3c2)cc(C(=O)N(C)CCN(C)C)c1O. The summed E-state index contributed by atoms with van der Waals surface area (Å²) in [7, 11) is 7.44. The van der Waals surface area contributed by atoms with E-state index in [4.69, 9.17) is 4.74 Å². The third-order valence-electron chi connectivity index (χ3n) is 6.60. The smallest absolute Gasteiger partial charge is 0.257 e. The first-order chi connectivity index (χ1) is 16.8. The number of fused-ring (bicyclic) bond motifs is 1. The van der Waals surface area contributed by atoms with E-state index in [1.54, 1.807) is 31.3 Å². The highest BCUT2D eigenvalue weighted by molar-refractivity contribution is 5.99. The van der Waals surface area contributed by atoms with Crippen molar-refractivity contribution >= 4 is 22.5 Å². The maximum atomic E-state index is 13.2. The van der Waals surface area contributed by atoms with Gasteiger partial charge in [0, 0.05) is 56.2 Å². The van der Waals surface area contributed by atoms with E-state index in [1.165, 1.54) is 0 Å². The first kappa shape index (κ1) is 24.7. The number of nitrogens with zero attached hydrogens (tertiary/aromatic N) is 3. The second-order valence-electron chi connectivity index (χ2n) is 9.25. The number of amides is 1. The minimum Gasteiger partial charge on any atom is -0.507 e. The number of carbonyl (C=O) groups is 1. The minimum atomic E-state index is -0.195. The van der Waals surface area contributed by atoms with E-state index in [9.17, 15) is 9.90 Å². The summed E-state index contributed by atoms with van der Waals surface area (Å²) in [5.41, 5.74) is 5.75. The lowest BCUT2D eigenvalue weighted by Crippen LogP contribution is -2.33. The number of aryl methyl sites for hydroxylation is 1. The highest BCUT2D eigenvalue weighted by Crippen LogP contribution is 2.35. The summed E-state index contributed by atoms with van der Waals surface area (Å²) in [5.74, 6) is -0.143. The summed E-state index contributed by atoms with van der Waals surface area (Å²) in [4.78, 5) is 24.8. The molecule has 0 aliphatic heterocycles. The Bertz CT molecular complexity index is 1290. The maximum Gasteiger partial charge on any atom is 0.257 e. The normalized spacial score (nSPS) is 15.6. The molecular weight excluding hydrogens is 440 g/mol. The number of nitrogens with one attached hydrogen (secondary N) is 1. The maximum absolute atomic E-state index is 13.2. The topological polar surface area (TPSA) is 81.7 Å². The molecule has 7 heteroatoms. The van der Waals surface area contributed by atoms with E-state index in [1.807, 2.05) is 38.2 Å². The molecule has 7 nitrogen and oxygen atoms in total. The molecule has 0 radical (unpaired) electrons. The quantitative estimate of drug-likeness (QED) is 0.503. The Hall–Kier alpha value is -3.42. The van der Waals surface area contributed by atoms with Crippen LogP contribution in [0.1, 0.15) is 34.8 Å². The fourth-order valence-electron chi connectivity index (χ4n) is 4.45. The first-order valence-electron chi connectivity index (χ1n) is 12.0. The molecule has 1 aliphatic carbocycles. The number of aromatic hydroxyl groups is 1. The number of phenols is 1. The molecule has 4 rings (SSSR count). The van der Waals surface area contributed by atoms with E-state index in [2.05, 4.69) is 34.3 Å². The molecule has 0 fully saturated rings. The lowest BCUT2D eigenvalue weighted by atomic mass is 9.93. The fourth-order valence-corrected chi connectivity index (χ4v) is 4.45. The zero-order chi connectivity index (χ0) is 25.1. The number of carbonyl (C=O) groups excluding carboxylic acids is 1. The van der Waals surface area contributed by atoms with Crippen molar-refractivity contribution in [2.75, 3.05) is 41.3 Å². The van der Waals surface area contributed by atoms with Crippen molar-refractivity contribution in [3.8, 4) is 16.9 Å². The van der Waals surface area contributed by atoms with Crippen LogP contribution in [0.5, 0.6) is 5.75 Å². The number of likely N-dealkylation sites (N-methyl/N-ethyl adjacent to an activating group) is 2. The number of ether oxygens (including phenoxy) is 1. The van der Waals surface area contributed by atoms with Crippen LogP contribution in [0.2, 0.25) is 0 Å². The van der Waals surface area contributed by atoms with E-state index < -0.39 is 0 Å². The number of allylic oxidation sites excluding steroid dienone is 2. The van der Waals surface area contributed by atoms with Gasteiger partial charge in [0.25, 0.3) is 5.91 Å². The molecule has 0 saturated carbocycles. The van der Waals surface area contributed by atoms with Crippen molar-refractivity contribution in [2.45, 2.75) is 25.9 Å². The van der Waals surface area contributed by atoms with Crippen LogP contribution in [0.4, 0.5) is 0 Å². The van der Waals surface area contributed by atoms with Gasteiger partial charge in [-0.15, -0.1) is 0 Å². The Kier molecular flexibility index (Phi) is 7.38. The number of pyridine rings is 1. The van der Waals surface area contributed by atoms with Crippen molar-refractivity contribution in [2.24, 2.45) is 0 Å². The molecule has 2 N–H and O–H groups in total. The lowest BCUT2D eigenvalue weighted by molar-refractivity contribution is 0.0783. The summed E-state index contributed by atoms with van der Waals surface area (Å²) in [6.45, 7) is 3.29. The predicted octanol–water partition coefficient (Wildman–Crippen LogP) is 4.49. The number of benzene rings is 1. The summed E-state index contributed by atoms with van der Waals surface area (Å²) in [5, 5.41) is 11.9. The first-order valence-corrected chi connectivity index (χ1v) is 12.0. The van der Waals surface area contributed by atoms with Crippen molar-refractivity contribution in [3.63, 3.8) is 0 Å². The Morgan fingerprint density at radius 2 is 2.00 bits per heavy atom. The van der Waals surface area contributed by atoms with Crippen molar-refractivity contribution < 1.29 is 14.6 Å². The molecule has 0 saturated heterocycles. The summed E-state index contributed by atoms with van der Waals surface area (Å²) >= 11 is 0. The van der Waals surface area contributed by atoms with Gasteiger partial charge in [0.1, 0.15) is 11.4 Å². The highest BCUT2D eigenvalue weighted by atomic mass is 16.5. The summed E-state index contributed by atoms with van der Waals surface area (Å²) in [6, 6.07) is 5.82. The number of phenolic OH excluding ortho intramolecular Hbond substituents is 1. The van der Waals surface area contributed by atoms with E-state index in [0.29, 0.717) is 18.5 Å². The second kappa shape index (κ2) is 10.5. The van der Waals surface area contributed by atoms with Gasteiger partial charge >= 0.3 is 0 Å². The van der Waals surface area contributed by atoms with Gasteiger partial charge in [-0.1, -0.05) is 25.2 Å². The monoisotopic (exact) mass is 474 g/mol. The fraction of sp³-hybridized carbons (Fsp3) is 0.357. The number of methoxy groups -OCH3 is 1. The Labute approximate surface area is 206 Å². The zero-order valence-electron chi connectivity index (χ0n) is 21.1.